The molecular formula is C18H21NOS. The van der Waals surface area contributed by atoms with E-state index < -0.39 is 0 Å². The maximum atomic E-state index is 12.2. The number of hydrogen-bond acceptors (Lipinski definition) is 2. The Kier molecular flexibility index (Phi) is 5.88. The molecule has 0 aliphatic carbocycles. The van der Waals surface area contributed by atoms with Crippen molar-refractivity contribution in [3.05, 3.63) is 66.2 Å². The number of amides is 1. The van der Waals surface area contributed by atoms with Gasteiger partial charge in [-0.25, -0.2) is 0 Å². The van der Waals surface area contributed by atoms with Crippen LogP contribution in [-0.4, -0.2) is 17.7 Å². The summed E-state index contributed by atoms with van der Waals surface area (Å²) in [5.41, 5.74) is 1.25. The summed E-state index contributed by atoms with van der Waals surface area (Å²) in [5, 5.41) is 2.95. The summed E-state index contributed by atoms with van der Waals surface area (Å²) in [4.78, 5) is 13.3. The maximum Gasteiger partial charge on any atom is 0.233 e. The quantitative estimate of drug-likeness (QED) is 0.814. The second-order valence-corrected chi connectivity index (χ2v) is 6.54. The van der Waals surface area contributed by atoms with Crippen molar-refractivity contribution in [1.82, 2.24) is 5.32 Å². The second-order valence-electron chi connectivity index (χ2n) is 5.13. The second kappa shape index (κ2) is 7.89. The van der Waals surface area contributed by atoms with Crippen LogP contribution in [0.15, 0.2) is 65.6 Å². The molecule has 1 amide bonds. The van der Waals surface area contributed by atoms with Gasteiger partial charge in [-0.1, -0.05) is 55.5 Å². The Morgan fingerprint density at radius 2 is 1.57 bits per heavy atom. The predicted molar refractivity (Wildman–Crippen MR) is 89.6 cm³/mol. The Hall–Kier alpha value is -1.74. The summed E-state index contributed by atoms with van der Waals surface area (Å²) in [7, 11) is 0. The highest BCUT2D eigenvalue weighted by Gasteiger charge is 2.15. The van der Waals surface area contributed by atoms with E-state index in [1.54, 1.807) is 11.8 Å². The molecule has 0 spiro atoms. The zero-order chi connectivity index (χ0) is 15.1. The minimum absolute atomic E-state index is 0.0876. The van der Waals surface area contributed by atoms with Crippen LogP contribution in [0.3, 0.4) is 0 Å². The van der Waals surface area contributed by atoms with Crippen molar-refractivity contribution < 1.29 is 4.79 Å². The number of carbonyl (C=O) groups excluding carboxylic acids is 1. The topological polar surface area (TPSA) is 29.1 Å². The van der Waals surface area contributed by atoms with Crippen molar-refractivity contribution in [1.29, 1.82) is 0 Å². The van der Waals surface area contributed by atoms with Gasteiger partial charge in [0, 0.05) is 11.4 Å². The third-order valence-corrected chi connectivity index (χ3v) is 4.49. The fourth-order valence-corrected chi connectivity index (χ4v) is 2.97. The first-order valence-electron chi connectivity index (χ1n) is 7.21. The number of carbonyl (C=O) groups is 1. The molecule has 0 bridgehead atoms. The maximum absolute atomic E-state index is 12.2. The van der Waals surface area contributed by atoms with E-state index in [9.17, 15) is 4.79 Å². The Balaban J connectivity index is 1.81. The lowest BCUT2D eigenvalue weighted by Gasteiger charge is -2.16. The van der Waals surface area contributed by atoms with Crippen LogP contribution in [-0.2, 0) is 4.79 Å². The van der Waals surface area contributed by atoms with E-state index in [0.717, 1.165) is 4.90 Å². The Morgan fingerprint density at radius 1 is 1.00 bits per heavy atom. The molecule has 0 saturated carbocycles. The van der Waals surface area contributed by atoms with Crippen molar-refractivity contribution in [2.75, 3.05) is 6.54 Å². The van der Waals surface area contributed by atoms with Crippen LogP contribution in [0, 0.1) is 0 Å². The molecule has 0 heterocycles. The van der Waals surface area contributed by atoms with Crippen LogP contribution in [0.5, 0.6) is 0 Å². The van der Waals surface area contributed by atoms with Gasteiger partial charge in [0.05, 0.1) is 5.25 Å². The van der Waals surface area contributed by atoms with E-state index in [2.05, 4.69) is 24.4 Å². The lowest BCUT2D eigenvalue weighted by Crippen LogP contribution is -2.33. The standard InChI is InChI=1S/C18H21NOS/c1-14(16-9-5-3-6-10-16)13-19-18(20)15(2)21-17-11-7-4-8-12-17/h3-12,14-15H,13H2,1-2H3,(H,19,20)/t14-,15+/m0/s1. The van der Waals surface area contributed by atoms with Crippen LogP contribution in [0.1, 0.15) is 25.3 Å². The van der Waals surface area contributed by atoms with Crippen LogP contribution in [0.25, 0.3) is 0 Å². The van der Waals surface area contributed by atoms with Crippen LogP contribution in [0.2, 0.25) is 0 Å². The molecular weight excluding hydrogens is 278 g/mol. The summed E-state index contributed by atoms with van der Waals surface area (Å²) in [6, 6.07) is 20.3. The number of rotatable bonds is 6. The van der Waals surface area contributed by atoms with Crippen molar-refractivity contribution in [3.8, 4) is 0 Å². The van der Waals surface area contributed by atoms with Crippen molar-refractivity contribution in [3.63, 3.8) is 0 Å². The van der Waals surface area contributed by atoms with Crippen LogP contribution in [0.4, 0.5) is 0 Å². The molecule has 0 fully saturated rings. The Bertz CT molecular complexity index is 556. The molecule has 110 valence electrons. The monoisotopic (exact) mass is 299 g/mol. The third kappa shape index (κ3) is 4.94. The molecule has 21 heavy (non-hydrogen) atoms. The van der Waals surface area contributed by atoms with Gasteiger partial charge in [0.2, 0.25) is 5.91 Å². The normalized spacial score (nSPS) is 13.4. The average Bonchev–Trinajstić information content (AvgIpc) is 2.54. The molecule has 0 aromatic heterocycles. The first kappa shape index (κ1) is 15.6. The number of hydrogen-bond donors (Lipinski definition) is 1. The molecule has 0 aliphatic heterocycles. The summed E-state index contributed by atoms with van der Waals surface area (Å²) < 4.78 is 0. The fraction of sp³-hybridized carbons (Fsp3) is 0.278. The molecule has 0 saturated heterocycles. The van der Waals surface area contributed by atoms with E-state index in [1.165, 1.54) is 5.56 Å². The van der Waals surface area contributed by atoms with Crippen LogP contribution < -0.4 is 5.32 Å². The number of nitrogens with one attached hydrogen (secondary N) is 1. The molecule has 2 nitrogen and oxygen atoms in total. The molecule has 0 aliphatic rings. The summed E-state index contributed by atoms with van der Waals surface area (Å²) in [5.74, 6) is 0.413. The highest BCUT2D eigenvalue weighted by molar-refractivity contribution is 8.00. The van der Waals surface area contributed by atoms with Gasteiger partial charge in [-0.2, -0.15) is 0 Å². The first-order valence-corrected chi connectivity index (χ1v) is 8.09. The van der Waals surface area contributed by atoms with Gasteiger partial charge in [0.15, 0.2) is 0 Å². The molecule has 2 aromatic carbocycles. The molecule has 0 radical (unpaired) electrons. The van der Waals surface area contributed by atoms with Gasteiger partial charge in [0.25, 0.3) is 0 Å². The van der Waals surface area contributed by atoms with Gasteiger partial charge in [-0.15, -0.1) is 11.8 Å². The van der Waals surface area contributed by atoms with Gasteiger partial charge in [0.1, 0.15) is 0 Å². The highest BCUT2D eigenvalue weighted by atomic mass is 32.2. The van der Waals surface area contributed by atoms with Gasteiger partial charge >= 0.3 is 0 Å². The van der Waals surface area contributed by atoms with E-state index in [1.807, 2.05) is 55.5 Å². The van der Waals surface area contributed by atoms with Gasteiger partial charge < -0.3 is 5.32 Å². The lowest BCUT2D eigenvalue weighted by molar-refractivity contribution is -0.120. The zero-order valence-corrected chi connectivity index (χ0v) is 13.3. The minimum Gasteiger partial charge on any atom is -0.355 e. The number of benzene rings is 2. The third-order valence-electron chi connectivity index (χ3n) is 3.38. The van der Waals surface area contributed by atoms with E-state index in [-0.39, 0.29) is 11.2 Å². The zero-order valence-electron chi connectivity index (χ0n) is 12.5. The Labute approximate surface area is 131 Å². The Morgan fingerprint density at radius 3 is 2.19 bits per heavy atom. The SMILES string of the molecule is C[C@@H](Sc1ccccc1)C(=O)NC[C@H](C)c1ccccc1. The lowest BCUT2D eigenvalue weighted by atomic mass is 10.0. The van der Waals surface area contributed by atoms with E-state index in [0.29, 0.717) is 12.5 Å². The summed E-state index contributed by atoms with van der Waals surface area (Å²) in [6.07, 6.45) is 0. The predicted octanol–water partition coefficient (Wildman–Crippen LogP) is 4.09. The molecule has 2 atom stereocenters. The summed E-state index contributed by atoms with van der Waals surface area (Å²) >= 11 is 1.59. The first-order chi connectivity index (χ1) is 10.2. The molecule has 3 heteroatoms. The molecule has 2 aromatic rings. The smallest absolute Gasteiger partial charge is 0.233 e. The molecule has 0 unspecified atom stereocenters. The van der Waals surface area contributed by atoms with Crippen LogP contribution >= 0.6 is 11.8 Å². The van der Waals surface area contributed by atoms with Crippen molar-refractivity contribution in [2.45, 2.75) is 29.9 Å². The van der Waals surface area contributed by atoms with Gasteiger partial charge in [-0.05, 0) is 30.5 Å². The van der Waals surface area contributed by atoms with Gasteiger partial charge in [-0.3, -0.25) is 4.79 Å². The highest BCUT2D eigenvalue weighted by Crippen LogP contribution is 2.22. The van der Waals surface area contributed by atoms with Crippen molar-refractivity contribution >= 4 is 17.7 Å². The van der Waals surface area contributed by atoms with E-state index in [4.69, 9.17) is 0 Å². The average molecular weight is 299 g/mol. The van der Waals surface area contributed by atoms with Crippen molar-refractivity contribution in [2.24, 2.45) is 0 Å². The summed E-state index contributed by atoms with van der Waals surface area (Å²) in [6.45, 7) is 4.74. The number of thioether (sulfide) groups is 1. The fourth-order valence-electron chi connectivity index (χ4n) is 2.05. The minimum atomic E-state index is -0.0876. The van der Waals surface area contributed by atoms with E-state index >= 15 is 0 Å². The molecule has 1 N–H and O–H groups in total. The largest absolute Gasteiger partial charge is 0.355 e. The molecule has 2 rings (SSSR count).